The molecule has 1 saturated heterocycles. The second kappa shape index (κ2) is 9.50. The number of phenolic OH excluding ortho intramolecular Hbond substituents is 1. The largest absolute Gasteiger partial charge is 0.507 e. The highest BCUT2D eigenvalue weighted by molar-refractivity contribution is 6.32. The van der Waals surface area contributed by atoms with Crippen molar-refractivity contribution in [3.8, 4) is 11.5 Å². The van der Waals surface area contributed by atoms with Gasteiger partial charge in [-0.1, -0.05) is 6.42 Å². The van der Waals surface area contributed by atoms with Gasteiger partial charge in [0.25, 0.3) is 0 Å². The number of ketones is 4. The Kier molecular flexibility index (Phi) is 6.68. The zero-order valence-corrected chi connectivity index (χ0v) is 22.6. The van der Waals surface area contributed by atoms with Crippen molar-refractivity contribution in [3.63, 3.8) is 0 Å². The maximum atomic E-state index is 13.9. The lowest BCUT2D eigenvalue weighted by Gasteiger charge is -2.52. The van der Waals surface area contributed by atoms with Gasteiger partial charge < -0.3 is 20.7 Å². The number of primary amides is 1. The number of likely N-dealkylation sites (N-methyl/N-ethyl adjacent to an activating group) is 1. The zero-order chi connectivity index (χ0) is 28.5. The topological polar surface area (TPSA) is 168 Å². The number of nitrogens with two attached hydrogens (primary N) is 1. The Labute approximate surface area is 226 Å². The minimum atomic E-state index is -2.73. The van der Waals surface area contributed by atoms with Gasteiger partial charge >= 0.3 is 0 Å². The summed E-state index contributed by atoms with van der Waals surface area (Å²) in [7, 11) is 6.62. The van der Waals surface area contributed by atoms with E-state index in [4.69, 9.17) is 10.5 Å². The number of carbonyl (C=O) groups excluding carboxylic acids is 5. The number of hydrogen-bond acceptors (Lipinski definition) is 10. The van der Waals surface area contributed by atoms with Gasteiger partial charge in [-0.3, -0.25) is 33.8 Å². The minimum absolute atomic E-state index is 0.00136. The standard InChI is InChI=1S/C28H35N3O8/c1-30(2)21-15-10-12-9-14-19(17(32)11-13(24(14)39-4)16-7-5-6-8-31(16)3)22(33)18(12)25(35)28(15,38)26(36)20(23(21)34)27(29)37/h11-12,15-16,18,20-21,32,38H,5-10H2,1-4H3,(H2,29,37). The van der Waals surface area contributed by atoms with E-state index < -0.39 is 64.4 Å². The van der Waals surface area contributed by atoms with Crippen molar-refractivity contribution in [2.45, 2.75) is 49.8 Å². The van der Waals surface area contributed by atoms with Gasteiger partial charge in [-0.25, -0.2) is 0 Å². The molecule has 1 aromatic carbocycles. The molecule has 2 saturated carbocycles. The molecule has 3 aliphatic carbocycles. The molecule has 0 radical (unpaired) electrons. The molecule has 0 spiro atoms. The van der Waals surface area contributed by atoms with E-state index in [2.05, 4.69) is 4.90 Å². The van der Waals surface area contributed by atoms with Gasteiger partial charge in [-0.05, 0) is 65.4 Å². The van der Waals surface area contributed by atoms with Crippen LogP contribution < -0.4 is 10.5 Å². The summed E-state index contributed by atoms with van der Waals surface area (Å²) in [6, 6.07) is 0.361. The fraction of sp³-hybridized carbons (Fsp3) is 0.607. The predicted molar refractivity (Wildman–Crippen MR) is 137 cm³/mol. The van der Waals surface area contributed by atoms with Crippen molar-refractivity contribution in [3.05, 3.63) is 22.8 Å². The number of aromatic hydroxyl groups is 1. The second-order valence-corrected chi connectivity index (χ2v) is 11.7. The van der Waals surface area contributed by atoms with E-state index in [0.717, 1.165) is 31.4 Å². The molecule has 1 aliphatic heterocycles. The Morgan fingerprint density at radius 2 is 1.87 bits per heavy atom. The summed E-state index contributed by atoms with van der Waals surface area (Å²) in [5.41, 5.74) is 3.82. The number of nitrogens with zero attached hydrogens (tertiary/aromatic N) is 2. The third-order valence-corrected chi connectivity index (χ3v) is 9.37. The van der Waals surface area contributed by atoms with Crippen molar-refractivity contribution in [1.29, 1.82) is 0 Å². The molecule has 1 aromatic rings. The van der Waals surface area contributed by atoms with Crippen LogP contribution in [0.4, 0.5) is 0 Å². The van der Waals surface area contributed by atoms with E-state index in [0.29, 0.717) is 11.3 Å². The SMILES string of the molecule is COc1c(C2CCCCN2C)cc(O)c2c1CC1CC3C(N(C)C)C(=O)C(C(N)=O)C(=O)C3(O)C(=O)C1C2=O. The highest BCUT2D eigenvalue weighted by Gasteiger charge is 2.69. The van der Waals surface area contributed by atoms with Crippen LogP contribution in [0.2, 0.25) is 0 Å². The Morgan fingerprint density at radius 1 is 1.18 bits per heavy atom. The van der Waals surface area contributed by atoms with E-state index in [9.17, 15) is 34.2 Å². The van der Waals surface area contributed by atoms with Gasteiger partial charge in [-0.2, -0.15) is 0 Å². The number of hydrogen-bond donors (Lipinski definition) is 3. The van der Waals surface area contributed by atoms with E-state index in [1.165, 1.54) is 18.1 Å². The van der Waals surface area contributed by atoms with Gasteiger partial charge in [-0.15, -0.1) is 0 Å². The summed E-state index contributed by atoms with van der Waals surface area (Å²) in [4.78, 5) is 70.1. The van der Waals surface area contributed by atoms with Crippen molar-refractivity contribution < 1.29 is 38.9 Å². The second-order valence-electron chi connectivity index (χ2n) is 11.7. The first kappa shape index (κ1) is 27.4. The first-order chi connectivity index (χ1) is 18.4. The molecule has 5 rings (SSSR count). The average Bonchev–Trinajstić information content (AvgIpc) is 2.86. The van der Waals surface area contributed by atoms with Crippen LogP contribution in [-0.4, -0.2) is 95.5 Å². The summed E-state index contributed by atoms with van der Waals surface area (Å²) >= 11 is 0. The molecule has 7 unspecified atom stereocenters. The predicted octanol–water partition coefficient (Wildman–Crippen LogP) is 0.0324. The molecule has 11 nitrogen and oxygen atoms in total. The molecular weight excluding hydrogens is 506 g/mol. The molecule has 3 fully saturated rings. The maximum absolute atomic E-state index is 13.9. The molecule has 4 N–H and O–H groups in total. The quantitative estimate of drug-likeness (QED) is 0.443. The van der Waals surface area contributed by atoms with Crippen LogP contribution in [0.5, 0.6) is 11.5 Å². The van der Waals surface area contributed by atoms with Crippen LogP contribution in [0, 0.1) is 23.7 Å². The molecule has 11 heteroatoms. The molecular formula is C28H35N3O8. The van der Waals surface area contributed by atoms with Gasteiger partial charge in [0.15, 0.2) is 34.7 Å². The summed E-state index contributed by atoms with van der Waals surface area (Å²) in [5, 5.41) is 22.8. The number of amides is 1. The maximum Gasteiger partial charge on any atom is 0.235 e. The van der Waals surface area contributed by atoms with Gasteiger partial charge in [0.2, 0.25) is 5.91 Å². The Balaban J connectivity index is 1.64. The first-order valence-electron chi connectivity index (χ1n) is 13.3. The molecule has 1 heterocycles. The average molecular weight is 542 g/mol. The van der Waals surface area contributed by atoms with Gasteiger partial charge in [0, 0.05) is 23.1 Å². The molecule has 4 aliphatic rings. The summed E-state index contributed by atoms with van der Waals surface area (Å²) < 4.78 is 5.82. The summed E-state index contributed by atoms with van der Waals surface area (Å²) in [6.07, 6.45) is 3.10. The number of likely N-dealkylation sites (tertiary alicyclic amines) is 1. The van der Waals surface area contributed by atoms with E-state index >= 15 is 0 Å². The molecule has 0 aromatic heterocycles. The van der Waals surface area contributed by atoms with Crippen molar-refractivity contribution in [2.75, 3.05) is 34.8 Å². The van der Waals surface area contributed by atoms with Crippen LogP contribution in [0.15, 0.2) is 6.07 Å². The number of phenols is 1. The number of methoxy groups -OCH3 is 1. The first-order valence-corrected chi connectivity index (χ1v) is 13.3. The Bertz CT molecular complexity index is 1290. The third-order valence-electron chi connectivity index (χ3n) is 9.37. The van der Waals surface area contributed by atoms with Crippen molar-refractivity contribution in [1.82, 2.24) is 9.80 Å². The van der Waals surface area contributed by atoms with Crippen molar-refractivity contribution in [2.24, 2.45) is 29.4 Å². The highest BCUT2D eigenvalue weighted by Crippen LogP contribution is 2.53. The zero-order valence-electron chi connectivity index (χ0n) is 22.6. The van der Waals surface area contributed by atoms with Crippen LogP contribution in [0.1, 0.15) is 53.2 Å². The van der Waals surface area contributed by atoms with Gasteiger partial charge in [0.05, 0.1) is 24.6 Å². The highest BCUT2D eigenvalue weighted by atomic mass is 16.5. The van der Waals surface area contributed by atoms with Crippen LogP contribution >= 0.6 is 0 Å². The normalized spacial score (nSPS) is 34.9. The van der Waals surface area contributed by atoms with Crippen molar-refractivity contribution >= 4 is 29.0 Å². The van der Waals surface area contributed by atoms with E-state index in [-0.39, 0.29) is 30.2 Å². The lowest BCUT2D eigenvalue weighted by molar-refractivity contribution is -0.181. The molecule has 1 amide bonds. The number of aliphatic hydroxyl groups is 1. The summed E-state index contributed by atoms with van der Waals surface area (Å²) in [6.45, 7) is 0.879. The number of Topliss-reactive ketones (excluding diaryl/α,β-unsaturated/α-hetero) is 4. The monoisotopic (exact) mass is 541 g/mol. The number of rotatable bonds is 4. The number of carbonyl (C=O) groups is 5. The molecule has 0 bridgehead atoms. The van der Waals surface area contributed by atoms with Gasteiger partial charge in [0.1, 0.15) is 11.5 Å². The fourth-order valence-corrected chi connectivity index (χ4v) is 7.64. The number of ether oxygens (including phenoxy) is 1. The number of benzene rings is 1. The molecule has 7 atom stereocenters. The smallest absolute Gasteiger partial charge is 0.235 e. The lowest BCUT2D eigenvalue weighted by atomic mass is 9.52. The van der Waals surface area contributed by atoms with E-state index in [1.807, 2.05) is 7.05 Å². The third kappa shape index (κ3) is 3.77. The van der Waals surface area contributed by atoms with Crippen LogP contribution in [0.3, 0.4) is 0 Å². The summed E-state index contributed by atoms with van der Waals surface area (Å²) in [5.74, 6) is -10.1. The molecule has 39 heavy (non-hydrogen) atoms. The van der Waals surface area contributed by atoms with E-state index in [1.54, 1.807) is 14.1 Å². The Hall–Kier alpha value is -3.15. The minimum Gasteiger partial charge on any atom is -0.507 e. The fourth-order valence-electron chi connectivity index (χ4n) is 7.64. The Morgan fingerprint density at radius 3 is 2.46 bits per heavy atom. The van der Waals surface area contributed by atoms with Crippen LogP contribution in [0.25, 0.3) is 0 Å². The number of piperidine rings is 1. The molecule has 210 valence electrons. The lowest BCUT2D eigenvalue weighted by Crippen LogP contribution is -2.74. The number of fused-ring (bicyclic) bond motifs is 3. The van der Waals surface area contributed by atoms with Crippen LogP contribution in [-0.2, 0) is 25.6 Å².